The van der Waals surface area contributed by atoms with E-state index in [0.29, 0.717) is 11.9 Å². The molecule has 3 fully saturated rings. The van der Waals surface area contributed by atoms with Crippen molar-refractivity contribution in [2.45, 2.75) is 57.1 Å². The van der Waals surface area contributed by atoms with Crippen LogP contribution in [0.1, 0.15) is 44.9 Å². The molecule has 3 rings (SSSR count). The predicted octanol–water partition coefficient (Wildman–Crippen LogP) is 1.31. The molecule has 110 valence electrons. The van der Waals surface area contributed by atoms with E-state index in [1.54, 1.807) is 0 Å². The van der Waals surface area contributed by atoms with Crippen molar-refractivity contribution < 1.29 is 9.90 Å². The fraction of sp³-hybridized carbons (Fsp3) is 0.929. The average molecular weight is 289 g/mol. The number of nitrogens with one attached hydrogen (secondary N) is 1. The van der Waals surface area contributed by atoms with Gasteiger partial charge in [-0.05, 0) is 51.5 Å². The van der Waals surface area contributed by atoms with Crippen LogP contribution in [-0.4, -0.2) is 47.7 Å². The van der Waals surface area contributed by atoms with E-state index in [1.807, 2.05) is 0 Å². The summed E-state index contributed by atoms with van der Waals surface area (Å²) < 4.78 is 0. The van der Waals surface area contributed by atoms with E-state index < -0.39 is 0 Å². The molecule has 1 aliphatic carbocycles. The molecule has 3 aliphatic rings. The molecule has 4 nitrogen and oxygen atoms in total. The summed E-state index contributed by atoms with van der Waals surface area (Å²) in [5.41, 5.74) is -0.0890. The van der Waals surface area contributed by atoms with Crippen molar-refractivity contribution in [2.75, 3.05) is 19.6 Å². The van der Waals surface area contributed by atoms with E-state index in [-0.39, 0.29) is 23.9 Å². The second kappa shape index (κ2) is 5.98. The van der Waals surface area contributed by atoms with Crippen LogP contribution in [0, 0.1) is 5.41 Å². The number of amides is 1. The molecule has 5 heteroatoms. The maximum absolute atomic E-state index is 12.7. The summed E-state index contributed by atoms with van der Waals surface area (Å²) in [6.45, 7) is 2.86. The van der Waals surface area contributed by atoms with E-state index in [1.165, 1.54) is 0 Å². The molecule has 2 heterocycles. The van der Waals surface area contributed by atoms with E-state index in [9.17, 15) is 9.90 Å². The highest BCUT2D eigenvalue weighted by Crippen LogP contribution is 2.40. The molecule has 1 atom stereocenters. The van der Waals surface area contributed by atoms with Gasteiger partial charge < -0.3 is 15.3 Å². The lowest BCUT2D eigenvalue weighted by Crippen LogP contribution is -2.48. The Morgan fingerprint density at radius 1 is 1.21 bits per heavy atom. The van der Waals surface area contributed by atoms with Crippen molar-refractivity contribution in [2.24, 2.45) is 5.41 Å². The molecule has 19 heavy (non-hydrogen) atoms. The number of likely N-dealkylation sites (tertiary alicyclic amines) is 1. The Kier molecular flexibility index (Phi) is 4.75. The summed E-state index contributed by atoms with van der Waals surface area (Å²) in [6.07, 6.45) is 6.77. The van der Waals surface area contributed by atoms with Crippen LogP contribution in [0.15, 0.2) is 0 Å². The van der Waals surface area contributed by atoms with Crippen LogP contribution in [0.5, 0.6) is 0 Å². The number of aliphatic hydroxyl groups is 1. The Morgan fingerprint density at radius 3 is 2.58 bits per heavy atom. The highest BCUT2D eigenvalue weighted by atomic mass is 35.5. The fourth-order valence-electron chi connectivity index (χ4n) is 3.93. The van der Waals surface area contributed by atoms with Crippen molar-refractivity contribution >= 4 is 18.3 Å². The largest absolute Gasteiger partial charge is 0.393 e. The smallest absolute Gasteiger partial charge is 0.230 e. The molecule has 0 bridgehead atoms. The van der Waals surface area contributed by atoms with Crippen LogP contribution in [0.2, 0.25) is 0 Å². The van der Waals surface area contributed by atoms with E-state index in [0.717, 1.165) is 64.6 Å². The van der Waals surface area contributed by atoms with Crippen molar-refractivity contribution in [3.8, 4) is 0 Å². The van der Waals surface area contributed by atoms with Crippen molar-refractivity contribution in [1.82, 2.24) is 10.2 Å². The Hall–Kier alpha value is -0.320. The van der Waals surface area contributed by atoms with Gasteiger partial charge in [0.05, 0.1) is 11.5 Å². The number of nitrogens with zero attached hydrogens (tertiary/aromatic N) is 1. The summed E-state index contributed by atoms with van der Waals surface area (Å²) in [4.78, 5) is 14.8. The van der Waals surface area contributed by atoms with Gasteiger partial charge in [-0.25, -0.2) is 0 Å². The van der Waals surface area contributed by atoms with Crippen molar-refractivity contribution in [3.05, 3.63) is 0 Å². The van der Waals surface area contributed by atoms with Gasteiger partial charge in [-0.1, -0.05) is 0 Å². The number of piperidine rings is 1. The molecule has 1 spiro atoms. The van der Waals surface area contributed by atoms with Crippen LogP contribution >= 0.6 is 12.4 Å². The lowest BCUT2D eigenvalue weighted by Gasteiger charge is -2.36. The Labute approximate surface area is 121 Å². The molecule has 0 aromatic carbocycles. The zero-order valence-corrected chi connectivity index (χ0v) is 12.3. The molecular formula is C14H25ClN2O2. The van der Waals surface area contributed by atoms with Crippen LogP contribution < -0.4 is 5.32 Å². The van der Waals surface area contributed by atoms with E-state index in [4.69, 9.17) is 0 Å². The highest BCUT2D eigenvalue weighted by molar-refractivity contribution is 5.85. The van der Waals surface area contributed by atoms with Gasteiger partial charge in [0.15, 0.2) is 0 Å². The molecule has 0 aromatic rings. The average Bonchev–Trinajstić information content (AvgIpc) is 2.70. The Balaban J connectivity index is 0.00000133. The second-order valence-electron chi connectivity index (χ2n) is 6.27. The molecule has 1 amide bonds. The molecular weight excluding hydrogens is 264 g/mol. The van der Waals surface area contributed by atoms with Crippen LogP contribution in [0.25, 0.3) is 0 Å². The van der Waals surface area contributed by atoms with Crippen molar-refractivity contribution in [1.29, 1.82) is 0 Å². The number of hydrogen-bond donors (Lipinski definition) is 2. The van der Waals surface area contributed by atoms with Gasteiger partial charge in [-0.3, -0.25) is 4.79 Å². The molecule has 2 N–H and O–H groups in total. The third-order valence-electron chi connectivity index (χ3n) is 5.13. The number of rotatable bonds is 1. The number of carbonyl (C=O) groups excluding carboxylic acids is 1. The normalized spacial score (nSPS) is 39.4. The van der Waals surface area contributed by atoms with Gasteiger partial charge in [-0.15, -0.1) is 12.4 Å². The number of hydrogen-bond acceptors (Lipinski definition) is 3. The lowest BCUT2D eigenvalue weighted by atomic mass is 9.79. The summed E-state index contributed by atoms with van der Waals surface area (Å²) in [5.74, 6) is 0.385. The molecule has 1 saturated carbocycles. The fourth-order valence-corrected chi connectivity index (χ4v) is 3.93. The summed E-state index contributed by atoms with van der Waals surface area (Å²) in [5, 5.41) is 13.0. The van der Waals surface area contributed by atoms with Gasteiger partial charge in [0, 0.05) is 19.1 Å². The third-order valence-corrected chi connectivity index (χ3v) is 5.13. The molecule has 1 unspecified atom stereocenters. The first kappa shape index (κ1) is 15.1. The minimum atomic E-state index is -0.135. The molecule has 0 radical (unpaired) electrons. The van der Waals surface area contributed by atoms with E-state index >= 15 is 0 Å². The van der Waals surface area contributed by atoms with Crippen molar-refractivity contribution in [3.63, 3.8) is 0 Å². The number of aliphatic hydroxyl groups excluding tert-OH is 1. The second-order valence-corrected chi connectivity index (χ2v) is 6.27. The maximum Gasteiger partial charge on any atom is 0.230 e. The SMILES string of the molecule is Cl.O=C1N(C2CCC(O)CC2)CCC12CCCNC2. The topological polar surface area (TPSA) is 52.6 Å². The van der Waals surface area contributed by atoms with Gasteiger partial charge in [0.1, 0.15) is 0 Å². The Morgan fingerprint density at radius 2 is 1.95 bits per heavy atom. The standard InChI is InChI=1S/C14H24N2O2.ClH/c17-12-4-2-11(3-5-12)16-9-7-14(13(16)18)6-1-8-15-10-14;/h11-12,15,17H,1-10H2;1H. The minimum absolute atomic E-state index is 0. The predicted molar refractivity (Wildman–Crippen MR) is 76.4 cm³/mol. The van der Waals surface area contributed by atoms with Gasteiger partial charge >= 0.3 is 0 Å². The first-order chi connectivity index (χ1) is 8.71. The molecule has 2 aliphatic heterocycles. The van der Waals surface area contributed by atoms with Gasteiger partial charge in [-0.2, -0.15) is 0 Å². The van der Waals surface area contributed by atoms with Crippen LogP contribution in [0.3, 0.4) is 0 Å². The first-order valence-corrected chi connectivity index (χ1v) is 7.41. The summed E-state index contributed by atoms with van der Waals surface area (Å²) >= 11 is 0. The van der Waals surface area contributed by atoms with Crippen LogP contribution in [-0.2, 0) is 4.79 Å². The molecule has 0 aromatic heterocycles. The number of carbonyl (C=O) groups is 1. The quantitative estimate of drug-likeness (QED) is 0.765. The first-order valence-electron chi connectivity index (χ1n) is 7.41. The molecule has 2 saturated heterocycles. The Bertz CT molecular complexity index is 323. The zero-order valence-electron chi connectivity index (χ0n) is 11.4. The zero-order chi connectivity index (χ0) is 12.6. The maximum atomic E-state index is 12.7. The summed E-state index contributed by atoms with van der Waals surface area (Å²) in [7, 11) is 0. The minimum Gasteiger partial charge on any atom is -0.393 e. The number of halogens is 1. The van der Waals surface area contributed by atoms with E-state index in [2.05, 4.69) is 10.2 Å². The third kappa shape index (κ3) is 2.76. The van der Waals surface area contributed by atoms with Gasteiger partial charge in [0.2, 0.25) is 5.91 Å². The lowest BCUT2D eigenvalue weighted by molar-refractivity contribution is -0.139. The highest BCUT2D eigenvalue weighted by Gasteiger charge is 2.48. The monoisotopic (exact) mass is 288 g/mol. The van der Waals surface area contributed by atoms with Crippen LogP contribution in [0.4, 0.5) is 0 Å². The summed E-state index contributed by atoms with van der Waals surface area (Å²) in [6, 6.07) is 0.391. The van der Waals surface area contributed by atoms with Gasteiger partial charge in [0.25, 0.3) is 0 Å².